The summed E-state index contributed by atoms with van der Waals surface area (Å²) in [5.74, 6) is -1.66. The molecule has 0 fully saturated rings. The average molecular weight is 478 g/mol. The van der Waals surface area contributed by atoms with Gasteiger partial charge < -0.3 is 20.5 Å². The van der Waals surface area contributed by atoms with Gasteiger partial charge >= 0.3 is 5.97 Å². The minimum atomic E-state index is -1.22. The highest BCUT2D eigenvalue weighted by molar-refractivity contribution is 6.33. The Morgan fingerprint density at radius 1 is 1.30 bits per heavy atom. The molecule has 1 aliphatic heterocycles. The Hall–Kier alpha value is -2.71. The third kappa shape index (κ3) is 7.14. The molecule has 3 rings (SSSR count). The molecule has 1 aromatic heterocycles. The third-order valence-corrected chi connectivity index (χ3v) is 5.91. The predicted octanol–water partition coefficient (Wildman–Crippen LogP) is 4.09. The molecule has 1 aliphatic rings. The standard InChI is InChI=1S/C24H29ClFN3O4/c1-15(7-9-17-10-8-16-4-3-12-27-22(16)28-17)14-33-13-11-20(24(31)32)29-23(30)21-18(25)5-2-6-19(21)26/h2,5-6,8,10,15,20H,3-4,7,9,11-14H2,1H3,(H,27,28)(H,29,30)(H,31,32)/t15-,20+/m0/s1. The van der Waals surface area contributed by atoms with E-state index in [1.165, 1.54) is 17.7 Å². The second kappa shape index (κ2) is 12.0. The number of hydrogen-bond acceptors (Lipinski definition) is 5. The largest absolute Gasteiger partial charge is 0.480 e. The van der Waals surface area contributed by atoms with Gasteiger partial charge in [0, 0.05) is 31.9 Å². The topological polar surface area (TPSA) is 101 Å². The Balaban J connectivity index is 1.40. The highest BCUT2D eigenvalue weighted by Gasteiger charge is 2.24. The first-order valence-electron chi connectivity index (χ1n) is 11.1. The summed E-state index contributed by atoms with van der Waals surface area (Å²) in [6.45, 7) is 3.63. The van der Waals surface area contributed by atoms with Gasteiger partial charge in [0.1, 0.15) is 17.7 Å². The number of aromatic nitrogens is 1. The number of aryl methyl sites for hydroxylation is 2. The van der Waals surface area contributed by atoms with Crippen molar-refractivity contribution in [2.75, 3.05) is 25.1 Å². The molecule has 0 spiro atoms. The van der Waals surface area contributed by atoms with Crippen molar-refractivity contribution in [1.82, 2.24) is 10.3 Å². The Bertz CT molecular complexity index is 968. The molecule has 3 N–H and O–H groups in total. The molecule has 2 aromatic rings. The summed E-state index contributed by atoms with van der Waals surface area (Å²) >= 11 is 5.88. The smallest absolute Gasteiger partial charge is 0.326 e. The van der Waals surface area contributed by atoms with E-state index in [4.69, 9.17) is 21.3 Å². The summed E-state index contributed by atoms with van der Waals surface area (Å²) < 4.78 is 19.5. The minimum absolute atomic E-state index is 0.0535. The van der Waals surface area contributed by atoms with Crippen molar-refractivity contribution >= 4 is 29.3 Å². The first-order valence-corrected chi connectivity index (χ1v) is 11.5. The van der Waals surface area contributed by atoms with Crippen molar-refractivity contribution in [2.24, 2.45) is 5.92 Å². The van der Waals surface area contributed by atoms with Crippen LogP contribution in [0.15, 0.2) is 30.3 Å². The van der Waals surface area contributed by atoms with Crippen LogP contribution >= 0.6 is 11.6 Å². The fraction of sp³-hybridized carbons (Fsp3) is 0.458. The van der Waals surface area contributed by atoms with Crippen molar-refractivity contribution in [3.63, 3.8) is 0 Å². The summed E-state index contributed by atoms with van der Waals surface area (Å²) in [6.07, 6.45) is 3.96. The minimum Gasteiger partial charge on any atom is -0.480 e. The molecule has 178 valence electrons. The van der Waals surface area contributed by atoms with Gasteiger partial charge in [-0.15, -0.1) is 0 Å². The summed E-state index contributed by atoms with van der Waals surface area (Å²) in [4.78, 5) is 28.5. The number of halogens is 2. The fourth-order valence-corrected chi connectivity index (χ4v) is 3.92. The van der Waals surface area contributed by atoms with Crippen molar-refractivity contribution in [2.45, 2.75) is 45.1 Å². The highest BCUT2D eigenvalue weighted by atomic mass is 35.5. The van der Waals surface area contributed by atoms with Crippen LogP contribution in [0.4, 0.5) is 10.2 Å². The number of pyridine rings is 1. The lowest BCUT2D eigenvalue weighted by Gasteiger charge is -2.18. The lowest BCUT2D eigenvalue weighted by molar-refractivity contribution is -0.139. The number of rotatable bonds is 11. The van der Waals surface area contributed by atoms with E-state index in [0.717, 1.165) is 49.8 Å². The number of hydrogen-bond donors (Lipinski definition) is 3. The Kier molecular flexibility index (Phi) is 9.03. The number of carboxylic acid groups (broad SMARTS) is 1. The van der Waals surface area contributed by atoms with Crippen LogP contribution in [0.3, 0.4) is 0 Å². The Morgan fingerprint density at radius 2 is 2.12 bits per heavy atom. The molecule has 7 nitrogen and oxygen atoms in total. The number of carbonyl (C=O) groups is 2. The number of benzene rings is 1. The molecule has 2 atom stereocenters. The molecule has 0 bridgehead atoms. The summed E-state index contributed by atoms with van der Waals surface area (Å²) in [6, 6.07) is 6.83. The number of fused-ring (bicyclic) bond motifs is 1. The zero-order valence-electron chi connectivity index (χ0n) is 18.6. The molecule has 1 aromatic carbocycles. The van der Waals surface area contributed by atoms with E-state index in [0.29, 0.717) is 6.61 Å². The summed E-state index contributed by atoms with van der Waals surface area (Å²) in [5, 5.41) is 15.0. The maximum Gasteiger partial charge on any atom is 0.326 e. The number of carbonyl (C=O) groups excluding carboxylic acids is 1. The maximum atomic E-state index is 13.9. The van der Waals surface area contributed by atoms with E-state index in [-0.39, 0.29) is 29.5 Å². The molecule has 2 heterocycles. The van der Waals surface area contributed by atoms with Crippen LogP contribution < -0.4 is 10.6 Å². The van der Waals surface area contributed by atoms with Crippen molar-refractivity contribution in [1.29, 1.82) is 0 Å². The highest BCUT2D eigenvalue weighted by Crippen LogP contribution is 2.21. The van der Waals surface area contributed by atoms with E-state index in [9.17, 15) is 19.1 Å². The normalized spacial score (nSPS) is 14.6. The Morgan fingerprint density at radius 3 is 2.88 bits per heavy atom. The number of aliphatic carboxylic acids is 1. The second-order valence-corrected chi connectivity index (χ2v) is 8.72. The molecule has 1 amide bonds. The number of nitrogens with one attached hydrogen (secondary N) is 2. The summed E-state index contributed by atoms with van der Waals surface area (Å²) in [7, 11) is 0. The van der Waals surface area contributed by atoms with Crippen molar-refractivity contribution in [3.05, 3.63) is 58.0 Å². The first-order chi connectivity index (χ1) is 15.8. The molecular weight excluding hydrogens is 449 g/mol. The molecule has 0 saturated heterocycles. The lowest BCUT2D eigenvalue weighted by atomic mass is 10.0. The average Bonchev–Trinajstić information content (AvgIpc) is 2.79. The monoisotopic (exact) mass is 477 g/mol. The van der Waals surface area contributed by atoms with Crippen molar-refractivity contribution < 1.29 is 23.8 Å². The number of amides is 1. The zero-order chi connectivity index (χ0) is 23.8. The molecule has 33 heavy (non-hydrogen) atoms. The Labute approximate surface area is 197 Å². The van der Waals surface area contributed by atoms with Gasteiger partial charge in [0.25, 0.3) is 5.91 Å². The molecule has 0 radical (unpaired) electrons. The van der Waals surface area contributed by atoms with Crippen LogP contribution in [0.1, 0.15) is 47.8 Å². The van der Waals surface area contributed by atoms with Crippen LogP contribution in [0.2, 0.25) is 5.02 Å². The molecule has 0 aliphatic carbocycles. The van der Waals surface area contributed by atoms with Gasteiger partial charge in [-0.1, -0.05) is 30.7 Å². The van der Waals surface area contributed by atoms with E-state index >= 15 is 0 Å². The van der Waals surface area contributed by atoms with Gasteiger partial charge in [0.05, 0.1) is 10.6 Å². The lowest BCUT2D eigenvalue weighted by Crippen LogP contribution is -2.42. The van der Waals surface area contributed by atoms with Gasteiger partial charge in [0.15, 0.2) is 0 Å². The van der Waals surface area contributed by atoms with Gasteiger partial charge in [-0.3, -0.25) is 4.79 Å². The van der Waals surface area contributed by atoms with Gasteiger partial charge in [-0.25, -0.2) is 14.2 Å². The van der Waals surface area contributed by atoms with Crippen LogP contribution in [0, 0.1) is 11.7 Å². The number of ether oxygens (including phenoxy) is 1. The molecule has 9 heteroatoms. The zero-order valence-corrected chi connectivity index (χ0v) is 19.3. The molecule has 0 saturated carbocycles. The summed E-state index contributed by atoms with van der Waals surface area (Å²) in [5.41, 5.74) is 1.93. The SMILES string of the molecule is C[C@@H](CCc1ccc2c(n1)NCCC2)COCC[C@@H](NC(=O)c1c(F)cccc1Cl)C(=O)O. The van der Waals surface area contributed by atoms with Crippen LogP contribution in [0.25, 0.3) is 0 Å². The van der Waals surface area contributed by atoms with Crippen LogP contribution in [0.5, 0.6) is 0 Å². The fourth-order valence-electron chi connectivity index (χ4n) is 3.67. The molecule has 0 unspecified atom stereocenters. The van der Waals surface area contributed by atoms with E-state index in [2.05, 4.69) is 29.7 Å². The van der Waals surface area contributed by atoms with Gasteiger partial charge in [0.2, 0.25) is 0 Å². The number of carboxylic acids is 1. The third-order valence-electron chi connectivity index (χ3n) is 5.59. The number of nitrogens with zero attached hydrogens (tertiary/aromatic N) is 1. The van der Waals surface area contributed by atoms with E-state index < -0.39 is 23.7 Å². The first kappa shape index (κ1) is 24.9. The molecular formula is C24H29ClFN3O4. The van der Waals surface area contributed by atoms with Crippen LogP contribution in [-0.2, 0) is 22.4 Å². The van der Waals surface area contributed by atoms with Gasteiger partial charge in [-0.2, -0.15) is 0 Å². The van der Waals surface area contributed by atoms with E-state index in [1.54, 1.807) is 0 Å². The van der Waals surface area contributed by atoms with Gasteiger partial charge in [-0.05, 0) is 55.4 Å². The number of anilines is 1. The van der Waals surface area contributed by atoms with E-state index in [1.807, 2.05) is 0 Å². The maximum absolute atomic E-state index is 13.9. The van der Waals surface area contributed by atoms with Crippen molar-refractivity contribution in [3.8, 4) is 0 Å². The second-order valence-electron chi connectivity index (χ2n) is 8.31. The predicted molar refractivity (Wildman–Crippen MR) is 124 cm³/mol. The quantitative estimate of drug-likeness (QED) is 0.421. The van der Waals surface area contributed by atoms with Crippen LogP contribution in [-0.4, -0.2) is 47.8 Å².